The predicted octanol–water partition coefficient (Wildman–Crippen LogP) is 5.17. The average Bonchev–Trinajstić information content (AvgIpc) is 3.00. The number of thiophene rings is 1. The fourth-order valence-corrected chi connectivity index (χ4v) is 5.02. The van der Waals surface area contributed by atoms with Crippen molar-refractivity contribution in [2.45, 2.75) is 40.0 Å². The highest BCUT2D eigenvalue weighted by molar-refractivity contribution is 7.21. The smallest absolute Gasteiger partial charge is 0.269 e. The van der Waals surface area contributed by atoms with E-state index in [9.17, 15) is 14.9 Å². The predicted molar refractivity (Wildman–Crippen MR) is 116 cm³/mol. The number of hydrogen-bond donors (Lipinski definition) is 1. The van der Waals surface area contributed by atoms with Gasteiger partial charge < -0.3 is 5.73 Å². The number of aromatic nitrogens is 1. The second kappa shape index (κ2) is 6.91. The van der Waals surface area contributed by atoms with Crippen molar-refractivity contribution < 1.29 is 9.72 Å². The van der Waals surface area contributed by atoms with Crippen molar-refractivity contribution in [1.29, 1.82) is 0 Å². The van der Waals surface area contributed by atoms with Crippen molar-refractivity contribution in [3.05, 3.63) is 62.1 Å². The number of nitro groups is 1. The quantitative estimate of drug-likeness (QED) is 0.365. The number of carbonyl (C=O) groups is 1. The number of rotatable bonds is 3. The molecule has 0 fully saturated rings. The van der Waals surface area contributed by atoms with Crippen molar-refractivity contribution in [2.75, 3.05) is 5.73 Å². The maximum Gasteiger partial charge on any atom is 0.269 e. The summed E-state index contributed by atoms with van der Waals surface area (Å²) in [5, 5.41) is 11.7. The van der Waals surface area contributed by atoms with Gasteiger partial charge in [-0.2, -0.15) is 0 Å². The molecule has 0 bridgehead atoms. The first-order valence-corrected chi connectivity index (χ1v) is 10.5. The van der Waals surface area contributed by atoms with Crippen LogP contribution in [0.1, 0.15) is 53.7 Å². The van der Waals surface area contributed by atoms with Gasteiger partial charge in [0.1, 0.15) is 9.71 Å². The first kappa shape index (κ1) is 19.5. The zero-order valence-corrected chi connectivity index (χ0v) is 17.5. The van der Waals surface area contributed by atoms with Crippen LogP contribution in [0.3, 0.4) is 0 Å². The molecule has 4 rings (SSSR count). The molecule has 0 saturated heterocycles. The lowest BCUT2D eigenvalue weighted by Crippen LogP contribution is -2.27. The number of nitrogens with zero attached hydrogens (tertiary/aromatic N) is 2. The van der Waals surface area contributed by atoms with E-state index in [0.717, 1.165) is 35.2 Å². The number of hydrogen-bond acceptors (Lipinski definition) is 6. The summed E-state index contributed by atoms with van der Waals surface area (Å²) in [7, 11) is 0. The van der Waals surface area contributed by atoms with Gasteiger partial charge in [0.05, 0.1) is 10.6 Å². The SMILES string of the molecule is CC(C)(C)C1CCc2nc3sc(C(=O)c4ccc([N+](=O)[O-])cc4)c(N)c3cc2C1. The maximum absolute atomic E-state index is 13.0. The van der Waals surface area contributed by atoms with Crippen LogP contribution >= 0.6 is 11.3 Å². The molecular formula is C22H23N3O3S. The Balaban J connectivity index is 1.71. The topological polar surface area (TPSA) is 99.1 Å². The Labute approximate surface area is 172 Å². The summed E-state index contributed by atoms with van der Waals surface area (Å²) in [5.74, 6) is 0.362. The molecule has 29 heavy (non-hydrogen) atoms. The van der Waals surface area contributed by atoms with Crippen LogP contribution in [-0.2, 0) is 12.8 Å². The molecule has 2 aromatic heterocycles. The number of non-ortho nitro benzene ring substituents is 1. The van der Waals surface area contributed by atoms with Gasteiger partial charge in [0.25, 0.3) is 5.69 Å². The molecule has 1 atom stereocenters. The molecule has 7 heteroatoms. The molecule has 1 aliphatic carbocycles. The van der Waals surface area contributed by atoms with Gasteiger partial charge in [-0.1, -0.05) is 20.8 Å². The van der Waals surface area contributed by atoms with E-state index in [1.54, 1.807) is 0 Å². The third-order valence-corrected chi connectivity index (χ3v) is 6.97. The number of aryl methyl sites for hydroxylation is 1. The number of carbonyl (C=O) groups excluding carboxylic acids is 1. The molecule has 6 nitrogen and oxygen atoms in total. The van der Waals surface area contributed by atoms with Crippen molar-refractivity contribution in [3.8, 4) is 0 Å². The number of fused-ring (bicyclic) bond motifs is 2. The Kier molecular flexibility index (Phi) is 4.65. The minimum Gasteiger partial charge on any atom is -0.397 e. The van der Waals surface area contributed by atoms with Crippen LogP contribution in [0.2, 0.25) is 0 Å². The van der Waals surface area contributed by atoms with E-state index in [4.69, 9.17) is 10.7 Å². The Morgan fingerprint density at radius 3 is 2.59 bits per heavy atom. The van der Waals surface area contributed by atoms with Crippen LogP contribution in [0.4, 0.5) is 11.4 Å². The maximum atomic E-state index is 13.0. The van der Waals surface area contributed by atoms with Crippen LogP contribution in [0, 0.1) is 21.4 Å². The zero-order valence-electron chi connectivity index (χ0n) is 16.7. The van der Waals surface area contributed by atoms with E-state index in [-0.39, 0.29) is 16.9 Å². The van der Waals surface area contributed by atoms with E-state index < -0.39 is 4.92 Å². The number of benzene rings is 1. The Morgan fingerprint density at radius 1 is 1.28 bits per heavy atom. The molecule has 1 aliphatic rings. The standard InChI is InChI=1S/C22H23N3O3S/c1-22(2,3)14-6-9-17-13(10-14)11-16-18(23)20(29-21(16)24-17)19(26)12-4-7-15(8-5-12)25(27)28/h4-5,7-8,11,14H,6,9-10,23H2,1-3H3. The summed E-state index contributed by atoms with van der Waals surface area (Å²) >= 11 is 1.30. The third kappa shape index (κ3) is 3.51. The molecule has 0 spiro atoms. The number of nitrogen functional groups attached to an aromatic ring is 1. The van der Waals surface area contributed by atoms with E-state index in [2.05, 4.69) is 26.8 Å². The van der Waals surface area contributed by atoms with Crippen LogP contribution in [0.25, 0.3) is 10.2 Å². The molecule has 2 N–H and O–H groups in total. The highest BCUT2D eigenvalue weighted by Crippen LogP contribution is 2.40. The van der Waals surface area contributed by atoms with Crippen molar-refractivity contribution in [2.24, 2.45) is 11.3 Å². The summed E-state index contributed by atoms with van der Waals surface area (Å²) in [6, 6.07) is 7.71. The number of anilines is 1. The van der Waals surface area contributed by atoms with Gasteiger partial charge >= 0.3 is 0 Å². The van der Waals surface area contributed by atoms with Gasteiger partial charge in [-0.25, -0.2) is 4.98 Å². The van der Waals surface area contributed by atoms with E-state index in [0.29, 0.717) is 22.0 Å². The summed E-state index contributed by atoms with van der Waals surface area (Å²) in [6.07, 6.45) is 3.03. The fourth-order valence-electron chi connectivity index (χ4n) is 3.96. The van der Waals surface area contributed by atoms with Crippen molar-refractivity contribution in [3.63, 3.8) is 0 Å². The number of pyridine rings is 1. The molecule has 0 radical (unpaired) electrons. The molecule has 1 unspecified atom stereocenters. The van der Waals surface area contributed by atoms with Gasteiger partial charge in [-0.3, -0.25) is 14.9 Å². The number of nitrogens with two attached hydrogens (primary N) is 1. The van der Waals surface area contributed by atoms with Crippen LogP contribution < -0.4 is 5.73 Å². The lowest BCUT2D eigenvalue weighted by molar-refractivity contribution is -0.384. The minimum atomic E-state index is -0.485. The van der Waals surface area contributed by atoms with Gasteiger partial charge in [0.2, 0.25) is 5.78 Å². The molecule has 150 valence electrons. The summed E-state index contributed by atoms with van der Waals surface area (Å²) in [4.78, 5) is 29.3. The second-order valence-corrected chi connectivity index (χ2v) is 9.73. The summed E-state index contributed by atoms with van der Waals surface area (Å²) in [6.45, 7) is 6.82. The zero-order chi connectivity index (χ0) is 20.9. The average molecular weight is 410 g/mol. The van der Waals surface area contributed by atoms with E-state index >= 15 is 0 Å². The molecular weight excluding hydrogens is 386 g/mol. The Morgan fingerprint density at radius 2 is 1.97 bits per heavy atom. The van der Waals surface area contributed by atoms with Crippen LogP contribution in [0.5, 0.6) is 0 Å². The first-order valence-electron chi connectivity index (χ1n) is 9.65. The van der Waals surface area contributed by atoms with Crippen LogP contribution in [-0.4, -0.2) is 15.7 Å². The lowest BCUT2D eigenvalue weighted by Gasteiger charge is -2.34. The highest BCUT2D eigenvalue weighted by atomic mass is 32.1. The normalized spacial score (nSPS) is 16.6. The third-order valence-electron chi connectivity index (χ3n) is 5.86. The van der Waals surface area contributed by atoms with E-state index in [1.165, 1.54) is 41.2 Å². The lowest BCUT2D eigenvalue weighted by atomic mass is 9.71. The van der Waals surface area contributed by atoms with Gasteiger partial charge in [0.15, 0.2) is 0 Å². The highest BCUT2D eigenvalue weighted by Gasteiger charge is 2.30. The monoisotopic (exact) mass is 409 g/mol. The Bertz CT molecular complexity index is 1130. The molecule has 3 aromatic rings. The Hall–Kier alpha value is -2.80. The summed E-state index contributed by atoms with van der Waals surface area (Å²) < 4.78 is 0. The number of nitro benzene ring substituents is 1. The molecule has 0 aliphatic heterocycles. The van der Waals surface area contributed by atoms with Gasteiger partial charge in [-0.15, -0.1) is 11.3 Å². The van der Waals surface area contributed by atoms with Gasteiger partial charge in [0, 0.05) is 28.8 Å². The summed E-state index contributed by atoms with van der Waals surface area (Å²) in [5.41, 5.74) is 9.70. The van der Waals surface area contributed by atoms with Crippen molar-refractivity contribution in [1.82, 2.24) is 4.98 Å². The minimum absolute atomic E-state index is 0.0476. The largest absolute Gasteiger partial charge is 0.397 e. The van der Waals surface area contributed by atoms with E-state index in [1.807, 2.05) is 0 Å². The van der Waals surface area contributed by atoms with Crippen LogP contribution in [0.15, 0.2) is 30.3 Å². The van der Waals surface area contributed by atoms with Gasteiger partial charge in [-0.05, 0) is 54.4 Å². The fraction of sp³-hybridized carbons (Fsp3) is 0.364. The molecule has 0 saturated carbocycles. The molecule has 2 heterocycles. The molecule has 1 aromatic carbocycles. The number of ketones is 1. The molecule has 0 amide bonds. The van der Waals surface area contributed by atoms with Crippen molar-refractivity contribution >= 4 is 38.7 Å². The first-order chi connectivity index (χ1) is 13.6. The second-order valence-electron chi connectivity index (χ2n) is 8.73.